The van der Waals surface area contributed by atoms with E-state index in [-0.39, 0.29) is 5.37 Å². The van der Waals surface area contributed by atoms with E-state index in [2.05, 4.69) is 16.9 Å². The van der Waals surface area contributed by atoms with Crippen LogP contribution >= 0.6 is 11.8 Å². The fourth-order valence-electron chi connectivity index (χ4n) is 1.21. The summed E-state index contributed by atoms with van der Waals surface area (Å²) < 4.78 is 2.03. The third kappa shape index (κ3) is 3.13. The van der Waals surface area contributed by atoms with Crippen LogP contribution in [0, 0.1) is 0 Å². The molecular weight excluding hydrogens is 208 g/mol. The molecule has 0 radical (unpaired) electrons. The second-order valence-electron chi connectivity index (χ2n) is 3.03. The molecule has 82 valence electrons. The lowest BCUT2D eigenvalue weighted by Crippen LogP contribution is -2.02. The van der Waals surface area contributed by atoms with Gasteiger partial charge in [0.15, 0.2) is 0 Å². The molecule has 0 bridgehead atoms. The van der Waals surface area contributed by atoms with E-state index in [9.17, 15) is 0 Å². The highest BCUT2D eigenvalue weighted by Gasteiger charge is 2.09. The van der Waals surface area contributed by atoms with E-state index in [0.717, 1.165) is 5.82 Å². The minimum atomic E-state index is 0.240. The largest absolute Gasteiger partial charge is 0.382 e. The average molecular weight is 224 g/mol. The summed E-state index contributed by atoms with van der Waals surface area (Å²) in [7, 11) is 1.76. The fraction of sp³-hybridized carbons (Fsp3) is 0.400. The predicted molar refractivity (Wildman–Crippen MR) is 68.1 cm³/mol. The number of rotatable bonds is 4. The van der Waals surface area contributed by atoms with Gasteiger partial charge >= 0.3 is 0 Å². The van der Waals surface area contributed by atoms with Gasteiger partial charge in [-0.1, -0.05) is 17.8 Å². The molecule has 0 spiro atoms. The predicted octanol–water partition coefficient (Wildman–Crippen LogP) is 2.41. The number of hydrogen-bond donors (Lipinski definition) is 1. The maximum absolute atomic E-state index is 5.67. The topological polar surface area (TPSA) is 56.2 Å². The number of thioether (sulfide) groups is 1. The van der Waals surface area contributed by atoms with Crippen molar-refractivity contribution in [2.45, 2.75) is 19.2 Å². The SMILES string of the molecule is C/C=C\c1nc(N)cn1C(C)SC=NC. The van der Waals surface area contributed by atoms with Crippen molar-refractivity contribution < 1.29 is 0 Å². The number of allylic oxidation sites excluding steroid dienone is 1. The summed E-state index contributed by atoms with van der Waals surface area (Å²) in [6.07, 6.45) is 5.73. The van der Waals surface area contributed by atoms with Crippen molar-refractivity contribution in [1.29, 1.82) is 0 Å². The summed E-state index contributed by atoms with van der Waals surface area (Å²) in [6.45, 7) is 4.04. The van der Waals surface area contributed by atoms with Crippen molar-refractivity contribution in [3.8, 4) is 0 Å². The molecule has 2 N–H and O–H groups in total. The number of hydrogen-bond acceptors (Lipinski definition) is 4. The monoisotopic (exact) mass is 224 g/mol. The Morgan fingerprint density at radius 3 is 3.00 bits per heavy atom. The molecule has 15 heavy (non-hydrogen) atoms. The first kappa shape index (κ1) is 11.8. The van der Waals surface area contributed by atoms with Gasteiger partial charge in [-0.05, 0) is 19.9 Å². The second kappa shape index (κ2) is 5.60. The van der Waals surface area contributed by atoms with E-state index in [0.29, 0.717) is 5.82 Å². The number of aliphatic imine (C=N–C) groups is 1. The lowest BCUT2D eigenvalue weighted by Gasteiger charge is -2.11. The van der Waals surface area contributed by atoms with Gasteiger partial charge in [-0.2, -0.15) is 0 Å². The summed E-state index contributed by atoms with van der Waals surface area (Å²) in [4.78, 5) is 8.16. The minimum Gasteiger partial charge on any atom is -0.382 e. The van der Waals surface area contributed by atoms with Gasteiger partial charge < -0.3 is 10.3 Å². The lowest BCUT2D eigenvalue weighted by molar-refractivity contribution is 0.734. The Bertz CT molecular complexity index is 367. The van der Waals surface area contributed by atoms with Crippen molar-refractivity contribution >= 4 is 29.2 Å². The molecule has 0 fully saturated rings. The zero-order valence-corrected chi connectivity index (χ0v) is 10.0. The van der Waals surface area contributed by atoms with Crippen LogP contribution in [0.2, 0.25) is 0 Å². The second-order valence-corrected chi connectivity index (χ2v) is 4.20. The highest BCUT2D eigenvalue weighted by atomic mass is 32.2. The van der Waals surface area contributed by atoms with Crippen LogP contribution in [0.25, 0.3) is 6.08 Å². The lowest BCUT2D eigenvalue weighted by atomic mass is 10.5. The normalized spacial score (nSPS) is 14.1. The Hall–Kier alpha value is -1.23. The third-order valence-corrected chi connectivity index (χ3v) is 2.80. The van der Waals surface area contributed by atoms with Crippen molar-refractivity contribution in [2.75, 3.05) is 12.8 Å². The van der Waals surface area contributed by atoms with E-state index in [1.54, 1.807) is 18.8 Å². The Morgan fingerprint density at radius 1 is 1.67 bits per heavy atom. The molecule has 0 aliphatic rings. The molecular formula is C10H16N4S. The van der Waals surface area contributed by atoms with Crippen molar-refractivity contribution in [1.82, 2.24) is 9.55 Å². The number of nitrogens with zero attached hydrogens (tertiary/aromatic N) is 3. The molecule has 1 aromatic heterocycles. The van der Waals surface area contributed by atoms with Crippen LogP contribution in [0.3, 0.4) is 0 Å². The summed E-state index contributed by atoms with van der Waals surface area (Å²) in [5, 5.41) is 0.240. The van der Waals surface area contributed by atoms with Crippen LogP contribution in [-0.4, -0.2) is 22.1 Å². The Kier molecular flexibility index (Phi) is 4.42. The van der Waals surface area contributed by atoms with Gasteiger partial charge in [0.05, 0.1) is 10.9 Å². The summed E-state index contributed by atoms with van der Waals surface area (Å²) in [5.74, 6) is 1.42. The molecule has 0 aliphatic heterocycles. The van der Waals surface area contributed by atoms with Crippen LogP contribution in [0.15, 0.2) is 17.3 Å². The van der Waals surface area contributed by atoms with Gasteiger partial charge in [0.25, 0.3) is 0 Å². The van der Waals surface area contributed by atoms with Gasteiger partial charge in [-0.15, -0.1) is 0 Å². The number of nitrogen functional groups attached to an aromatic ring is 1. The summed E-state index contributed by atoms with van der Waals surface area (Å²) in [6, 6.07) is 0. The molecule has 0 saturated heterocycles. The molecule has 0 aliphatic carbocycles. The molecule has 4 nitrogen and oxygen atoms in total. The third-order valence-electron chi connectivity index (χ3n) is 1.85. The van der Waals surface area contributed by atoms with E-state index in [1.807, 2.05) is 35.4 Å². The minimum absolute atomic E-state index is 0.240. The number of aromatic nitrogens is 2. The fourth-order valence-corrected chi connectivity index (χ4v) is 1.80. The van der Waals surface area contributed by atoms with Crippen LogP contribution < -0.4 is 5.73 Å². The van der Waals surface area contributed by atoms with Gasteiger partial charge in [-0.25, -0.2) is 4.98 Å². The van der Waals surface area contributed by atoms with Gasteiger partial charge in [0, 0.05) is 13.2 Å². The maximum atomic E-state index is 5.67. The molecule has 1 aromatic rings. The Morgan fingerprint density at radius 2 is 2.40 bits per heavy atom. The smallest absolute Gasteiger partial charge is 0.142 e. The molecule has 1 rings (SSSR count). The number of nitrogens with two attached hydrogens (primary N) is 1. The van der Waals surface area contributed by atoms with Crippen LogP contribution in [0.4, 0.5) is 5.82 Å². The highest BCUT2D eigenvalue weighted by Crippen LogP contribution is 2.23. The summed E-state index contributed by atoms with van der Waals surface area (Å²) in [5.41, 5.74) is 7.49. The Balaban J connectivity index is 2.91. The van der Waals surface area contributed by atoms with E-state index in [1.165, 1.54) is 0 Å². The van der Waals surface area contributed by atoms with Gasteiger partial charge in [-0.3, -0.25) is 4.99 Å². The zero-order chi connectivity index (χ0) is 11.3. The first-order valence-corrected chi connectivity index (χ1v) is 5.66. The van der Waals surface area contributed by atoms with Crippen molar-refractivity contribution in [3.05, 3.63) is 18.1 Å². The number of imidazole rings is 1. The molecule has 1 atom stereocenters. The van der Waals surface area contributed by atoms with E-state index in [4.69, 9.17) is 5.73 Å². The van der Waals surface area contributed by atoms with Crippen LogP contribution in [0.5, 0.6) is 0 Å². The maximum Gasteiger partial charge on any atom is 0.142 e. The van der Waals surface area contributed by atoms with Gasteiger partial charge in [0.1, 0.15) is 11.6 Å². The van der Waals surface area contributed by atoms with E-state index >= 15 is 0 Å². The molecule has 0 amide bonds. The molecule has 1 unspecified atom stereocenters. The van der Waals surface area contributed by atoms with E-state index < -0.39 is 0 Å². The first-order chi connectivity index (χ1) is 7.19. The van der Waals surface area contributed by atoms with Gasteiger partial charge in [0.2, 0.25) is 0 Å². The summed E-state index contributed by atoms with van der Waals surface area (Å²) >= 11 is 1.62. The molecule has 5 heteroatoms. The standard InChI is InChI=1S/C10H16N4S/c1-4-5-10-13-9(11)6-14(10)8(2)15-7-12-3/h4-8H,11H2,1-3H3/b5-4-,12-7?. The average Bonchev–Trinajstić information content (AvgIpc) is 2.57. The highest BCUT2D eigenvalue weighted by molar-refractivity contribution is 8.12. The zero-order valence-electron chi connectivity index (χ0n) is 9.21. The molecule has 1 heterocycles. The molecule has 0 aromatic carbocycles. The van der Waals surface area contributed by atoms with Crippen molar-refractivity contribution in [3.63, 3.8) is 0 Å². The first-order valence-electron chi connectivity index (χ1n) is 4.72. The van der Waals surface area contributed by atoms with Crippen LogP contribution in [0.1, 0.15) is 25.0 Å². The number of anilines is 1. The molecule has 0 saturated carbocycles. The quantitative estimate of drug-likeness (QED) is 0.631. The van der Waals surface area contributed by atoms with Crippen LogP contribution in [-0.2, 0) is 0 Å². The van der Waals surface area contributed by atoms with Crippen molar-refractivity contribution in [2.24, 2.45) is 4.99 Å². The Labute approximate surface area is 94.3 Å².